The van der Waals surface area contributed by atoms with Crippen LogP contribution in [0.2, 0.25) is 0 Å². The predicted molar refractivity (Wildman–Crippen MR) is 78.1 cm³/mol. The van der Waals surface area contributed by atoms with Crippen molar-refractivity contribution >= 4 is 27.6 Å². The molecule has 0 radical (unpaired) electrons. The summed E-state index contributed by atoms with van der Waals surface area (Å²) in [6.07, 6.45) is 0.590. The molecule has 0 saturated carbocycles. The van der Waals surface area contributed by atoms with E-state index in [-0.39, 0.29) is 6.61 Å². The Morgan fingerprint density at radius 1 is 1.60 bits per heavy atom. The van der Waals surface area contributed by atoms with Gasteiger partial charge in [0.15, 0.2) is 0 Å². The van der Waals surface area contributed by atoms with E-state index in [0.29, 0.717) is 31.1 Å². The third-order valence-corrected chi connectivity index (χ3v) is 3.69. The molecule has 1 heterocycles. The molecule has 0 bridgehead atoms. The SMILES string of the molecule is COc1ccc(Br)cc1NC(=O)NC1(CO)CCOC1. The molecule has 1 aromatic rings. The van der Waals surface area contributed by atoms with Crippen molar-refractivity contribution in [2.75, 3.05) is 32.2 Å². The molecule has 2 amide bonds. The number of rotatable bonds is 4. The van der Waals surface area contributed by atoms with E-state index in [1.807, 2.05) is 6.07 Å². The lowest BCUT2D eigenvalue weighted by molar-refractivity contribution is 0.126. The van der Waals surface area contributed by atoms with E-state index in [0.717, 1.165) is 4.47 Å². The zero-order chi connectivity index (χ0) is 14.6. The van der Waals surface area contributed by atoms with Gasteiger partial charge in [-0.1, -0.05) is 15.9 Å². The van der Waals surface area contributed by atoms with Gasteiger partial charge in [0.25, 0.3) is 0 Å². The van der Waals surface area contributed by atoms with Crippen LogP contribution in [-0.4, -0.2) is 43.6 Å². The maximum atomic E-state index is 12.1. The number of urea groups is 1. The Morgan fingerprint density at radius 3 is 3.00 bits per heavy atom. The van der Waals surface area contributed by atoms with Crippen LogP contribution in [0.25, 0.3) is 0 Å². The summed E-state index contributed by atoms with van der Waals surface area (Å²) < 4.78 is 11.2. The van der Waals surface area contributed by atoms with E-state index < -0.39 is 11.6 Å². The van der Waals surface area contributed by atoms with Gasteiger partial charge in [0.1, 0.15) is 5.75 Å². The summed E-state index contributed by atoms with van der Waals surface area (Å²) in [6.45, 7) is 0.684. The predicted octanol–water partition coefficient (Wildman–Crippen LogP) is 1.73. The molecule has 1 aromatic carbocycles. The number of amides is 2. The lowest BCUT2D eigenvalue weighted by atomic mass is 10.0. The zero-order valence-corrected chi connectivity index (χ0v) is 12.7. The van der Waals surface area contributed by atoms with Gasteiger partial charge >= 0.3 is 6.03 Å². The van der Waals surface area contributed by atoms with E-state index in [2.05, 4.69) is 26.6 Å². The normalized spacial score (nSPS) is 21.6. The number of benzene rings is 1. The molecule has 20 heavy (non-hydrogen) atoms. The van der Waals surface area contributed by atoms with Crippen LogP contribution in [0.15, 0.2) is 22.7 Å². The minimum Gasteiger partial charge on any atom is -0.495 e. The summed E-state index contributed by atoms with van der Waals surface area (Å²) in [7, 11) is 1.53. The summed E-state index contributed by atoms with van der Waals surface area (Å²) in [5.41, 5.74) is -0.157. The monoisotopic (exact) mass is 344 g/mol. The Morgan fingerprint density at radius 2 is 2.40 bits per heavy atom. The summed E-state index contributed by atoms with van der Waals surface area (Å²) in [5.74, 6) is 0.559. The number of hydrogen-bond acceptors (Lipinski definition) is 4. The fourth-order valence-corrected chi connectivity index (χ4v) is 2.40. The Bertz CT molecular complexity index is 489. The third-order valence-electron chi connectivity index (χ3n) is 3.19. The highest BCUT2D eigenvalue weighted by atomic mass is 79.9. The molecule has 2 rings (SSSR count). The number of carbonyl (C=O) groups is 1. The highest BCUT2D eigenvalue weighted by Crippen LogP contribution is 2.28. The number of halogens is 1. The highest BCUT2D eigenvalue weighted by molar-refractivity contribution is 9.10. The smallest absolute Gasteiger partial charge is 0.319 e. The molecule has 0 aromatic heterocycles. The fourth-order valence-electron chi connectivity index (χ4n) is 2.04. The highest BCUT2D eigenvalue weighted by Gasteiger charge is 2.36. The van der Waals surface area contributed by atoms with Crippen LogP contribution in [0.1, 0.15) is 6.42 Å². The molecule has 3 N–H and O–H groups in total. The minimum atomic E-state index is -0.705. The maximum Gasteiger partial charge on any atom is 0.319 e. The molecule has 1 atom stereocenters. The summed E-state index contributed by atoms with van der Waals surface area (Å²) in [5, 5.41) is 14.9. The van der Waals surface area contributed by atoms with Crippen LogP contribution in [0, 0.1) is 0 Å². The Labute approximate surface area is 125 Å². The van der Waals surface area contributed by atoms with E-state index in [4.69, 9.17) is 9.47 Å². The van der Waals surface area contributed by atoms with Gasteiger partial charge in [0.05, 0.1) is 31.5 Å². The number of hydrogen-bond donors (Lipinski definition) is 3. The molecule has 0 aliphatic carbocycles. The second kappa shape index (κ2) is 6.43. The average molecular weight is 345 g/mol. The molecule has 6 nitrogen and oxygen atoms in total. The second-order valence-electron chi connectivity index (χ2n) is 4.66. The topological polar surface area (TPSA) is 79.8 Å². The van der Waals surface area contributed by atoms with Crippen molar-refractivity contribution in [2.24, 2.45) is 0 Å². The van der Waals surface area contributed by atoms with Crippen molar-refractivity contribution in [1.82, 2.24) is 5.32 Å². The molecule has 1 unspecified atom stereocenters. The van der Waals surface area contributed by atoms with Crippen LogP contribution in [0.3, 0.4) is 0 Å². The molecule has 1 saturated heterocycles. The number of nitrogens with one attached hydrogen (secondary N) is 2. The van der Waals surface area contributed by atoms with Gasteiger partial charge < -0.3 is 25.2 Å². The van der Waals surface area contributed by atoms with Gasteiger partial charge in [-0.15, -0.1) is 0 Å². The van der Waals surface area contributed by atoms with Gasteiger partial charge in [-0.05, 0) is 24.6 Å². The van der Waals surface area contributed by atoms with Crippen molar-refractivity contribution < 1.29 is 19.4 Å². The second-order valence-corrected chi connectivity index (χ2v) is 5.58. The average Bonchev–Trinajstić information content (AvgIpc) is 2.88. The first-order valence-electron chi connectivity index (χ1n) is 6.20. The molecule has 1 aliphatic rings. The molecule has 110 valence electrons. The number of methoxy groups -OCH3 is 1. The van der Waals surface area contributed by atoms with Crippen molar-refractivity contribution in [3.63, 3.8) is 0 Å². The maximum absolute atomic E-state index is 12.1. The largest absolute Gasteiger partial charge is 0.495 e. The summed E-state index contributed by atoms with van der Waals surface area (Å²) in [6, 6.07) is 4.91. The van der Waals surface area contributed by atoms with E-state index >= 15 is 0 Å². The van der Waals surface area contributed by atoms with E-state index in [1.165, 1.54) is 7.11 Å². The lowest BCUT2D eigenvalue weighted by Crippen LogP contribution is -2.53. The molecule has 0 spiro atoms. The fraction of sp³-hybridized carbons (Fsp3) is 0.462. The first kappa shape index (κ1) is 15.1. The molecular formula is C13H17BrN2O4. The molecular weight excluding hydrogens is 328 g/mol. The quantitative estimate of drug-likeness (QED) is 0.777. The van der Waals surface area contributed by atoms with Crippen molar-refractivity contribution in [3.05, 3.63) is 22.7 Å². The lowest BCUT2D eigenvalue weighted by Gasteiger charge is -2.26. The van der Waals surface area contributed by atoms with Crippen LogP contribution in [0.4, 0.5) is 10.5 Å². The Kier molecular flexibility index (Phi) is 4.85. The minimum absolute atomic E-state index is 0.157. The van der Waals surface area contributed by atoms with Crippen LogP contribution in [-0.2, 0) is 4.74 Å². The Hall–Kier alpha value is -1.31. The van der Waals surface area contributed by atoms with Gasteiger partial charge in [-0.2, -0.15) is 0 Å². The molecule has 7 heteroatoms. The van der Waals surface area contributed by atoms with Gasteiger partial charge in [-0.25, -0.2) is 4.79 Å². The van der Waals surface area contributed by atoms with Gasteiger partial charge in [-0.3, -0.25) is 0 Å². The number of aliphatic hydroxyl groups is 1. The van der Waals surface area contributed by atoms with Gasteiger partial charge in [0.2, 0.25) is 0 Å². The summed E-state index contributed by atoms with van der Waals surface area (Å²) in [4.78, 5) is 12.1. The first-order chi connectivity index (χ1) is 9.58. The van der Waals surface area contributed by atoms with Gasteiger partial charge in [0, 0.05) is 11.1 Å². The standard InChI is InChI=1S/C13H17BrN2O4/c1-19-11-3-2-9(14)6-10(11)15-12(18)16-13(7-17)4-5-20-8-13/h2-3,6,17H,4-5,7-8H2,1H3,(H2,15,16,18). The summed E-state index contributed by atoms with van der Waals surface area (Å²) >= 11 is 3.34. The number of ether oxygens (including phenoxy) is 2. The Balaban J connectivity index is 2.06. The van der Waals surface area contributed by atoms with Crippen LogP contribution < -0.4 is 15.4 Å². The first-order valence-corrected chi connectivity index (χ1v) is 6.99. The number of carbonyl (C=O) groups excluding carboxylic acids is 1. The third kappa shape index (κ3) is 3.41. The number of anilines is 1. The molecule has 1 aliphatic heterocycles. The van der Waals surface area contributed by atoms with Crippen molar-refractivity contribution in [1.29, 1.82) is 0 Å². The van der Waals surface area contributed by atoms with Crippen molar-refractivity contribution in [3.8, 4) is 5.75 Å². The van der Waals surface area contributed by atoms with Crippen molar-refractivity contribution in [2.45, 2.75) is 12.0 Å². The van der Waals surface area contributed by atoms with E-state index in [9.17, 15) is 9.90 Å². The van der Waals surface area contributed by atoms with Crippen LogP contribution in [0.5, 0.6) is 5.75 Å². The molecule has 1 fully saturated rings. The van der Waals surface area contributed by atoms with Crippen LogP contribution >= 0.6 is 15.9 Å². The number of aliphatic hydroxyl groups excluding tert-OH is 1. The van der Waals surface area contributed by atoms with E-state index in [1.54, 1.807) is 12.1 Å². The zero-order valence-electron chi connectivity index (χ0n) is 11.1.